The predicted molar refractivity (Wildman–Crippen MR) is 63.4 cm³/mol. The van der Waals surface area contributed by atoms with Gasteiger partial charge in [-0.15, -0.1) is 0 Å². The van der Waals surface area contributed by atoms with Crippen molar-refractivity contribution in [2.45, 2.75) is 43.9 Å². The molecular weight excluding hydrogens is 204 g/mol. The normalized spacial score (nSPS) is 36.6. The molecule has 3 unspecified atom stereocenters. The van der Waals surface area contributed by atoms with Crippen LogP contribution in [0.15, 0.2) is 0 Å². The molecule has 2 rings (SSSR count). The van der Waals surface area contributed by atoms with E-state index in [0.717, 1.165) is 32.8 Å². The predicted octanol–water partition coefficient (Wildman–Crippen LogP) is 0.604. The van der Waals surface area contributed by atoms with Crippen LogP contribution in [0, 0.1) is 0 Å². The summed E-state index contributed by atoms with van der Waals surface area (Å²) in [7, 11) is 2.14. The molecule has 4 nitrogen and oxygen atoms in total. The summed E-state index contributed by atoms with van der Waals surface area (Å²) in [5, 5.41) is 0. The number of hydrogen-bond acceptors (Lipinski definition) is 4. The van der Waals surface area contributed by atoms with Crippen molar-refractivity contribution in [1.82, 2.24) is 4.90 Å². The minimum Gasteiger partial charge on any atom is -0.380 e. The average molecular weight is 228 g/mol. The van der Waals surface area contributed by atoms with E-state index in [1.807, 2.05) is 0 Å². The van der Waals surface area contributed by atoms with Gasteiger partial charge in [-0.2, -0.15) is 0 Å². The molecule has 3 atom stereocenters. The number of likely N-dealkylation sites (N-methyl/N-ethyl adjacent to an activating group) is 1. The van der Waals surface area contributed by atoms with E-state index in [9.17, 15) is 0 Å². The van der Waals surface area contributed by atoms with Gasteiger partial charge in [0.05, 0.1) is 12.7 Å². The second-order valence-corrected chi connectivity index (χ2v) is 5.02. The highest BCUT2D eigenvalue weighted by Gasteiger charge is 2.28. The van der Waals surface area contributed by atoms with Crippen LogP contribution in [0.25, 0.3) is 0 Å². The van der Waals surface area contributed by atoms with Gasteiger partial charge in [-0.25, -0.2) is 0 Å². The molecule has 0 aliphatic carbocycles. The summed E-state index contributed by atoms with van der Waals surface area (Å²) in [5.74, 6) is 0. The third kappa shape index (κ3) is 3.17. The summed E-state index contributed by atoms with van der Waals surface area (Å²) in [4.78, 5) is 2.32. The van der Waals surface area contributed by atoms with Gasteiger partial charge in [0, 0.05) is 31.8 Å². The molecule has 0 saturated carbocycles. The summed E-state index contributed by atoms with van der Waals surface area (Å²) in [5.41, 5.74) is 6.12. The smallest absolute Gasteiger partial charge is 0.0702 e. The average Bonchev–Trinajstić information content (AvgIpc) is 2.31. The Morgan fingerprint density at radius 1 is 1.25 bits per heavy atom. The van der Waals surface area contributed by atoms with Crippen LogP contribution in [0.5, 0.6) is 0 Å². The van der Waals surface area contributed by atoms with Crippen molar-refractivity contribution in [2.24, 2.45) is 5.73 Å². The van der Waals surface area contributed by atoms with Gasteiger partial charge >= 0.3 is 0 Å². The lowest BCUT2D eigenvalue weighted by Crippen LogP contribution is -2.54. The third-order valence-electron chi connectivity index (χ3n) is 3.71. The highest BCUT2D eigenvalue weighted by Crippen LogP contribution is 2.17. The molecule has 16 heavy (non-hydrogen) atoms. The molecule has 0 bridgehead atoms. The molecule has 94 valence electrons. The highest BCUT2D eigenvalue weighted by atomic mass is 16.5. The number of nitrogens with two attached hydrogens (primary N) is 1. The van der Waals surface area contributed by atoms with Crippen molar-refractivity contribution in [3.8, 4) is 0 Å². The first-order chi connectivity index (χ1) is 7.77. The lowest BCUT2D eigenvalue weighted by molar-refractivity contribution is -0.0339. The Bertz CT molecular complexity index is 207. The SMILES string of the molecule is CN(CC1CCCCO1)C1COCCC1N. The van der Waals surface area contributed by atoms with Gasteiger partial charge in [0.15, 0.2) is 0 Å². The van der Waals surface area contributed by atoms with Crippen LogP contribution in [-0.4, -0.2) is 56.5 Å². The molecule has 2 N–H and O–H groups in total. The van der Waals surface area contributed by atoms with Crippen LogP contribution < -0.4 is 5.73 Å². The van der Waals surface area contributed by atoms with Crippen molar-refractivity contribution in [2.75, 3.05) is 33.4 Å². The Labute approximate surface area is 98.1 Å². The quantitative estimate of drug-likeness (QED) is 0.768. The maximum absolute atomic E-state index is 6.12. The van der Waals surface area contributed by atoms with E-state index in [1.165, 1.54) is 19.3 Å². The second kappa shape index (κ2) is 5.96. The molecule has 2 aliphatic rings. The zero-order valence-electron chi connectivity index (χ0n) is 10.2. The monoisotopic (exact) mass is 228 g/mol. The minimum absolute atomic E-state index is 0.252. The zero-order valence-corrected chi connectivity index (χ0v) is 10.2. The van der Waals surface area contributed by atoms with E-state index in [-0.39, 0.29) is 6.04 Å². The molecule has 2 fully saturated rings. The lowest BCUT2D eigenvalue weighted by Gasteiger charge is -2.38. The first-order valence-electron chi connectivity index (χ1n) is 6.42. The summed E-state index contributed by atoms with van der Waals surface area (Å²) >= 11 is 0. The summed E-state index contributed by atoms with van der Waals surface area (Å²) in [6, 6.07) is 0.613. The Kier molecular flexibility index (Phi) is 4.58. The second-order valence-electron chi connectivity index (χ2n) is 5.02. The Hall–Kier alpha value is -0.160. The summed E-state index contributed by atoms with van der Waals surface area (Å²) < 4.78 is 11.3. The van der Waals surface area contributed by atoms with Gasteiger partial charge in [0.2, 0.25) is 0 Å². The van der Waals surface area contributed by atoms with Crippen LogP contribution in [-0.2, 0) is 9.47 Å². The summed E-state index contributed by atoms with van der Waals surface area (Å²) in [6.45, 7) is 3.49. The summed E-state index contributed by atoms with van der Waals surface area (Å²) in [6.07, 6.45) is 5.07. The van der Waals surface area contributed by atoms with Crippen molar-refractivity contribution in [1.29, 1.82) is 0 Å². The van der Waals surface area contributed by atoms with Crippen LogP contribution in [0.1, 0.15) is 25.7 Å². The molecule has 0 aromatic heterocycles. The fourth-order valence-corrected chi connectivity index (χ4v) is 2.60. The van der Waals surface area contributed by atoms with Gasteiger partial charge < -0.3 is 15.2 Å². The van der Waals surface area contributed by atoms with Gasteiger partial charge in [0.1, 0.15) is 0 Å². The first-order valence-corrected chi connectivity index (χ1v) is 6.42. The van der Waals surface area contributed by atoms with Crippen LogP contribution in [0.4, 0.5) is 0 Å². The molecule has 0 spiro atoms. The maximum atomic E-state index is 6.12. The standard InChI is InChI=1S/C12H24N2O2/c1-14(8-10-4-2-3-6-16-10)12-9-15-7-5-11(12)13/h10-12H,2-9,13H2,1H3. The Balaban J connectivity index is 1.78. The number of rotatable bonds is 3. The molecule has 0 amide bonds. The first kappa shape index (κ1) is 12.3. The number of hydrogen-bond donors (Lipinski definition) is 1. The third-order valence-corrected chi connectivity index (χ3v) is 3.71. The molecule has 4 heteroatoms. The van der Waals surface area contributed by atoms with Crippen molar-refractivity contribution < 1.29 is 9.47 Å². The van der Waals surface area contributed by atoms with E-state index >= 15 is 0 Å². The van der Waals surface area contributed by atoms with Crippen LogP contribution in [0.2, 0.25) is 0 Å². The van der Waals surface area contributed by atoms with Gasteiger partial charge in [-0.1, -0.05) is 0 Å². The van der Waals surface area contributed by atoms with E-state index < -0.39 is 0 Å². The van der Waals surface area contributed by atoms with Crippen molar-refractivity contribution >= 4 is 0 Å². The molecule has 2 aliphatic heterocycles. The van der Waals surface area contributed by atoms with E-state index in [4.69, 9.17) is 15.2 Å². The molecule has 0 aromatic rings. The molecule has 2 heterocycles. The number of ether oxygens (including phenoxy) is 2. The van der Waals surface area contributed by atoms with Gasteiger partial charge in [0.25, 0.3) is 0 Å². The molecule has 0 radical (unpaired) electrons. The molecule has 0 aromatic carbocycles. The highest BCUT2D eigenvalue weighted by molar-refractivity contribution is 4.84. The van der Waals surface area contributed by atoms with Gasteiger partial charge in [-0.05, 0) is 32.7 Å². The molecule has 2 saturated heterocycles. The largest absolute Gasteiger partial charge is 0.380 e. The Morgan fingerprint density at radius 2 is 2.12 bits per heavy atom. The lowest BCUT2D eigenvalue weighted by atomic mass is 10.0. The van der Waals surface area contributed by atoms with Crippen LogP contribution in [0.3, 0.4) is 0 Å². The van der Waals surface area contributed by atoms with Crippen molar-refractivity contribution in [3.05, 3.63) is 0 Å². The van der Waals surface area contributed by atoms with Crippen LogP contribution >= 0.6 is 0 Å². The molecular formula is C12H24N2O2. The fourth-order valence-electron chi connectivity index (χ4n) is 2.60. The maximum Gasteiger partial charge on any atom is 0.0702 e. The fraction of sp³-hybridized carbons (Fsp3) is 1.00. The minimum atomic E-state index is 0.252. The topological polar surface area (TPSA) is 47.7 Å². The Morgan fingerprint density at radius 3 is 2.81 bits per heavy atom. The van der Waals surface area contributed by atoms with Gasteiger partial charge in [-0.3, -0.25) is 4.90 Å². The number of nitrogens with zero attached hydrogens (tertiary/aromatic N) is 1. The zero-order chi connectivity index (χ0) is 11.4. The van der Waals surface area contributed by atoms with E-state index in [1.54, 1.807) is 0 Å². The van der Waals surface area contributed by atoms with E-state index in [0.29, 0.717) is 12.1 Å². The van der Waals surface area contributed by atoms with E-state index in [2.05, 4.69) is 11.9 Å². The van der Waals surface area contributed by atoms with Crippen molar-refractivity contribution in [3.63, 3.8) is 0 Å².